The van der Waals surface area contributed by atoms with Crippen molar-refractivity contribution in [2.75, 3.05) is 13.1 Å². The minimum absolute atomic E-state index is 0.124. The van der Waals surface area contributed by atoms with Gasteiger partial charge in [-0.2, -0.15) is 0 Å². The lowest BCUT2D eigenvalue weighted by Gasteiger charge is -2.32. The van der Waals surface area contributed by atoms with Gasteiger partial charge in [0.05, 0.1) is 5.41 Å². The number of carboxylic acid groups (broad SMARTS) is 1. The summed E-state index contributed by atoms with van der Waals surface area (Å²) in [5.74, 6) is -0.651. The molecule has 1 aliphatic heterocycles. The lowest BCUT2D eigenvalue weighted by molar-refractivity contribution is -0.145. The van der Waals surface area contributed by atoms with E-state index in [0.717, 1.165) is 13.0 Å². The van der Waals surface area contributed by atoms with Crippen molar-refractivity contribution < 1.29 is 14.7 Å². The molecular formula is C14H26N2O3. The van der Waals surface area contributed by atoms with Crippen molar-refractivity contribution in [3.63, 3.8) is 0 Å². The van der Waals surface area contributed by atoms with Crippen LogP contribution in [-0.2, 0) is 9.59 Å². The largest absolute Gasteiger partial charge is 0.480 e. The third kappa shape index (κ3) is 3.69. The summed E-state index contributed by atoms with van der Waals surface area (Å²) in [4.78, 5) is 23.7. The summed E-state index contributed by atoms with van der Waals surface area (Å²) < 4.78 is 0. The number of amides is 1. The smallest absolute Gasteiger partial charge is 0.326 e. The van der Waals surface area contributed by atoms with Crippen LogP contribution in [0.2, 0.25) is 0 Å². The summed E-state index contributed by atoms with van der Waals surface area (Å²) in [7, 11) is 0. The van der Waals surface area contributed by atoms with Gasteiger partial charge in [-0.05, 0) is 31.2 Å². The van der Waals surface area contributed by atoms with Crippen LogP contribution in [-0.4, -0.2) is 36.1 Å². The SMILES string of the molecule is CC(C)CC(NC(=O)C1(C(C)C)CCNC1)C(=O)O. The van der Waals surface area contributed by atoms with E-state index in [1.165, 1.54) is 0 Å². The van der Waals surface area contributed by atoms with Gasteiger partial charge in [-0.15, -0.1) is 0 Å². The van der Waals surface area contributed by atoms with Crippen LogP contribution in [0.3, 0.4) is 0 Å². The van der Waals surface area contributed by atoms with Gasteiger partial charge in [0.1, 0.15) is 6.04 Å². The Bertz CT molecular complexity index is 334. The fourth-order valence-electron chi connectivity index (χ4n) is 2.65. The molecule has 1 rings (SSSR count). The van der Waals surface area contributed by atoms with E-state index in [1.54, 1.807) is 0 Å². The maximum Gasteiger partial charge on any atom is 0.326 e. The van der Waals surface area contributed by atoms with Crippen molar-refractivity contribution in [3.8, 4) is 0 Å². The van der Waals surface area contributed by atoms with Gasteiger partial charge in [0, 0.05) is 6.54 Å². The lowest BCUT2D eigenvalue weighted by Crippen LogP contribution is -2.51. The maximum absolute atomic E-state index is 12.5. The first-order chi connectivity index (χ1) is 8.79. The van der Waals surface area contributed by atoms with Crippen LogP contribution < -0.4 is 10.6 Å². The molecule has 5 nitrogen and oxygen atoms in total. The Kier molecular flexibility index (Phi) is 5.35. The summed E-state index contributed by atoms with van der Waals surface area (Å²) in [5, 5.41) is 15.1. The van der Waals surface area contributed by atoms with Gasteiger partial charge in [-0.25, -0.2) is 4.79 Å². The molecule has 1 amide bonds. The molecular weight excluding hydrogens is 244 g/mol. The number of hydrogen-bond donors (Lipinski definition) is 3. The average molecular weight is 270 g/mol. The number of carbonyl (C=O) groups is 2. The van der Waals surface area contributed by atoms with Crippen molar-refractivity contribution in [1.29, 1.82) is 0 Å². The molecule has 0 aromatic rings. The highest BCUT2D eigenvalue weighted by Gasteiger charge is 2.44. The molecule has 0 spiro atoms. The topological polar surface area (TPSA) is 78.4 Å². The Morgan fingerprint density at radius 3 is 2.32 bits per heavy atom. The number of hydrogen-bond acceptors (Lipinski definition) is 3. The van der Waals surface area contributed by atoms with E-state index < -0.39 is 17.4 Å². The van der Waals surface area contributed by atoms with Gasteiger partial charge in [-0.3, -0.25) is 4.79 Å². The van der Waals surface area contributed by atoms with Crippen LogP contribution in [0, 0.1) is 17.3 Å². The number of rotatable bonds is 6. The van der Waals surface area contributed by atoms with E-state index in [-0.39, 0.29) is 17.7 Å². The lowest BCUT2D eigenvalue weighted by atomic mass is 9.75. The maximum atomic E-state index is 12.5. The Hall–Kier alpha value is -1.10. The van der Waals surface area contributed by atoms with Crippen LogP contribution >= 0.6 is 0 Å². The van der Waals surface area contributed by atoms with Gasteiger partial charge in [0.25, 0.3) is 0 Å². The molecule has 1 fully saturated rings. The zero-order valence-electron chi connectivity index (χ0n) is 12.3. The fraction of sp³-hybridized carbons (Fsp3) is 0.857. The standard InChI is InChI=1S/C14H26N2O3/c1-9(2)7-11(12(17)18)16-13(19)14(10(3)4)5-6-15-8-14/h9-11,15H,5-8H2,1-4H3,(H,16,19)(H,17,18). The van der Waals surface area contributed by atoms with Crippen molar-refractivity contribution in [1.82, 2.24) is 10.6 Å². The van der Waals surface area contributed by atoms with E-state index in [4.69, 9.17) is 0 Å². The quantitative estimate of drug-likeness (QED) is 0.678. The van der Waals surface area contributed by atoms with Gasteiger partial charge in [0.15, 0.2) is 0 Å². The third-order valence-electron chi connectivity index (χ3n) is 4.06. The molecule has 1 aliphatic rings. The molecule has 0 aromatic carbocycles. The highest BCUT2D eigenvalue weighted by molar-refractivity contribution is 5.88. The van der Waals surface area contributed by atoms with Crippen molar-refractivity contribution in [3.05, 3.63) is 0 Å². The second-order valence-corrected chi connectivity index (χ2v) is 6.23. The van der Waals surface area contributed by atoms with Crippen LogP contribution in [0.15, 0.2) is 0 Å². The first kappa shape index (κ1) is 16.0. The minimum Gasteiger partial charge on any atom is -0.480 e. The monoisotopic (exact) mass is 270 g/mol. The van der Waals surface area contributed by atoms with Crippen LogP contribution in [0.5, 0.6) is 0 Å². The van der Waals surface area contributed by atoms with E-state index in [0.29, 0.717) is 13.0 Å². The first-order valence-electron chi connectivity index (χ1n) is 7.04. The molecule has 1 saturated heterocycles. The molecule has 0 radical (unpaired) electrons. The Morgan fingerprint density at radius 2 is 1.95 bits per heavy atom. The number of aliphatic carboxylic acids is 1. The molecule has 0 bridgehead atoms. The minimum atomic E-state index is -0.952. The molecule has 5 heteroatoms. The van der Waals surface area contributed by atoms with Crippen molar-refractivity contribution >= 4 is 11.9 Å². The van der Waals surface area contributed by atoms with Gasteiger partial charge in [0.2, 0.25) is 5.91 Å². The molecule has 2 atom stereocenters. The van der Waals surface area contributed by atoms with Crippen molar-refractivity contribution in [2.45, 2.75) is 46.6 Å². The van der Waals surface area contributed by atoms with E-state index >= 15 is 0 Å². The molecule has 2 unspecified atom stereocenters. The summed E-state index contributed by atoms with van der Waals surface area (Å²) in [5.41, 5.74) is -0.468. The third-order valence-corrected chi connectivity index (χ3v) is 4.06. The van der Waals surface area contributed by atoms with E-state index in [9.17, 15) is 14.7 Å². The number of nitrogens with one attached hydrogen (secondary N) is 2. The van der Waals surface area contributed by atoms with Crippen LogP contribution in [0.25, 0.3) is 0 Å². The number of carboxylic acids is 1. The summed E-state index contributed by atoms with van der Waals surface area (Å²) >= 11 is 0. The molecule has 0 aromatic heterocycles. The van der Waals surface area contributed by atoms with E-state index in [2.05, 4.69) is 10.6 Å². The summed E-state index contributed by atoms with van der Waals surface area (Å²) in [6.07, 6.45) is 1.23. The van der Waals surface area contributed by atoms with Gasteiger partial charge in [-0.1, -0.05) is 27.7 Å². The van der Waals surface area contributed by atoms with Gasteiger partial charge >= 0.3 is 5.97 Å². The zero-order valence-corrected chi connectivity index (χ0v) is 12.3. The van der Waals surface area contributed by atoms with Crippen molar-refractivity contribution in [2.24, 2.45) is 17.3 Å². The Labute approximate surface area is 115 Å². The summed E-state index contributed by atoms with van der Waals surface area (Å²) in [6, 6.07) is -0.788. The van der Waals surface area contributed by atoms with Crippen LogP contribution in [0.4, 0.5) is 0 Å². The fourth-order valence-corrected chi connectivity index (χ4v) is 2.65. The second kappa shape index (κ2) is 6.37. The molecule has 1 heterocycles. The Morgan fingerprint density at radius 1 is 1.32 bits per heavy atom. The second-order valence-electron chi connectivity index (χ2n) is 6.23. The molecule has 0 aliphatic carbocycles. The molecule has 3 N–H and O–H groups in total. The van der Waals surface area contributed by atoms with E-state index in [1.807, 2.05) is 27.7 Å². The highest BCUT2D eigenvalue weighted by Crippen LogP contribution is 2.34. The molecule has 19 heavy (non-hydrogen) atoms. The van der Waals surface area contributed by atoms with Crippen LogP contribution in [0.1, 0.15) is 40.5 Å². The normalized spacial score (nSPS) is 24.7. The zero-order chi connectivity index (χ0) is 14.6. The van der Waals surface area contributed by atoms with Gasteiger partial charge < -0.3 is 15.7 Å². The highest BCUT2D eigenvalue weighted by atomic mass is 16.4. The summed E-state index contributed by atoms with van der Waals surface area (Å²) in [6.45, 7) is 9.39. The predicted octanol–water partition coefficient (Wildman–Crippen LogP) is 1.24. The molecule has 0 saturated carbocycles. The number of carbonyl (C=O) groups excluding carboxylic acids is 1. The average Bonchev–Trinajstić information content (AvgIpc) is 2.77. The Balaban J connectivity index is 2.77. The molecule has 110 valence electrons. The predicted molar refractivity (Wildman–Crippen MR) is 73.8 cm³/mol. The first-order valence-corrected chi connectivity index (χ1v) is 7.04.